The maximum Gasteiger partial charge on any atom is 0.164 e. The number of hydrogen-bond acceptors (Lipinski definition) is 3. The normalized spacial score (nSPS) is 17.8. The van der Waals surface area contributed by atoms with Gasteiger partial charge in [-0.15, -0.1) is 0 Å². The topological polar surface area (TPSA) is 42.7 Å². The van der Waals surface area contributed by atoms with Gasteiger partial charge in [0.25, 0.3) is 0 Å². The Labute approximate surface area is 84.7 Å². The number of nitrogens with zero attached hydrogens (tertiary/aromatic N) is 3. The molecule has 0 radical (unpaired) electrons. The van der Waals surface area contributed by atoms with Crippen molar-refractivity contribution >= 4 is 0 Å². The first-order chi connectivity index (χ1) is 6.84. The molecule has 1 aliphatic rings. The van der Waals surface area contributed by atoms with Gasteiger partial charge in [0.05, 0.1) is 6.54 Å². The number of aromatic nitrogens is 3. The van der Waals surface area contributed by atoms with Gasteiger partial charge in [0, 0.05) is 7.05 Å². The monoisotopic (exact) mass is 194 g/mol. The summed E-state index contributed by atoms with van der Waals surface area (Å²) in [5.41, 5.74) is 0. The molecular formula is C10H18N4. The van der Waals surface area contributed by atoms with Crippen LogP contribution >= 0.6 is 0 Å². The van der Waals surface area contributed by atoms with Gasteiger partial charge >= 0.3 is 0 Å². The highest BCUT2D eigenvalue weighted by molar-refractivity contribution is 4.80. The van der Waals surface area contributed by atoms with Gasteiger partial charge in [-0.05, 0) is 25.3 Å². The van der Waals surface area contributed by atoms with E-state index in [2.05, 4.69) is 15.4 Å². The summed E-state index contributed by atoms with van der Waals surface area (Å²) in [7, 11) is 1.90. The number of rotatable bonds is 4. The Bertz CT molecular complexity index is 275. The van der Waals surface area contributed by atoms with E-state index >= 15 is 0 Å². The molecule has 1 fully saturated rings. The summed E-state index contributed by atoms with van der Waals surface area (Å²) in [6, 6.07) is 0. The first-order valence-electron chi connectivity index (χ1n) is 5.40. The lowest BCUT2D eigenvalue weighted by atomic mass is 10.1. The maximum atomic E-state index is 4.22. The molecule has 0 atom stereocenters. The largest absolute Gasteiger partial charge is 0.310 e. The summed E-state index contributed by atoms with van der Waals surface area (Å²) in [6.45, 7) is 1.93. The smallest absolute Gasteiger partial charge is 0.164 e. The van der Waals surface area contributed by atoms with Gasteiger partial charge in [-0.3, -0.25) is 4.68 Å². The van der Waals surface area contributed by atoms with Gasteiger partial charge in [-0.25, -0.2) is 4.98 Å². The molecule has 0 amide bonds. The molecule has 1 aromatic rings. The summed E-state index contributed by atoms with van der Waals surface area (Å²) < 4.78 is 1.74. The zero-order valence-corrected chi connectivity index (χ0v) is 8.74. The molecule has 0 bridgehead atoms. The second-order valence-electron chi connectivity index (χ2n) is 4.12. The van der Waals surface area contributed by atoms with Crippen molar-refractivity contribution in [2.24, 2.45) is 13.0 Å². The van der Waals surface area contributed by atoms with Gasteiger partial charge in [-0.2, -0.15) is 5.10 Å². The van der Waals surface area contributed by atoms with Crippen molar-refractivity contribution in [2.75, 3.05) is 6.54 Å². The Morgan fingerprint density at radius 1 is 1.50 bits per heavy atom. The predicted octanol–water partition coefficient (Wildman–Crippen LogP) is 1.09. The standard InChI is InChI=1S/C10H18N4/c1-14-8-12-10(13-14)7-11-6-9-4-2-3-5-9/h8-9,11H,2-7H2,1H3. The molecule has 1 N–H and O–H groups in total. The fourth-order valence-corrected chi connectivity index (χ4v) is 2.07. The third-order valence-electron chi connectivity index (χ3n) is 2.84. The van der Waals surface area contributed by atoms with Crippen molar-refractivity contribution in [3.63, 3.8) is 0 Å². The van der Waals surface area contributed by atoms with E-state index in [1.54, 1.807) is 11.0 Å². The molecule has 0 spiro atoms. The fourth-order valence-electron chi connectivity index (χ4n) is 2.07. The predicted molar refractivity (Wildman–Crippen MR) is 54.7 cm³/mol. The van der Waals surface area contributed by atoms with Crippen molar-refractivity contribution in [2.45, 2.75) is 32.2 Å². The maximum absolute atomic E-state index is 4.22. The molecular weight excluding hydrogens is 176 g/mol. The second-order valence-corrected chi connectivity index (χ2v) is 4.12. The van der Waals surface area contributed by atoms with Crippen LogP contribution in [-0.4, -0.2) is 21.3 Å². The molecule has 0 saturated heterocycles. The first kappa shape index (κ1) is 9.65. The minimum absolute atomic E-state index is 0.803. The molecule has 14 heavy (non-hydrogen) atoms. The molecule has 4 heteroatoms. The lowest BCUT2D eigenvalue weighted by Crippen LogP contribution is -2.21. The highest BCUT2D eigenvalue weighted by Crippen LogP contribution is 2.23. The quantitative estimate of drug-likeness (QED) is 0.780. The second kappa shape index (κ2) is 4.55. The number of nitrogens with one attached hydrogen (secondary N) is 1. The Morgan fingerprint density at radius 2 is 2.29 bits per heavy atom. The summed E-state index contributed by atoms with van der Waals surface area (Å²) in [5, 5.41) is 7.64. The first-order valence-corrected chi connectivity index (χ1v) is 5.40. The van der Waals surface area contributed by atoms with E-state index in [0.717, 1.165) is 24.8 Å². The lowest BCUT2D eigenvalue weighted by Gasteiger charge is -2.08. The van der Waals surface area contributed by atoms with Crippen LogP contribution in [0.25, 0.3) is 0 Å². The molecule has 1 aromatic heterocycles. The zero-order chi connectivity index (χ0) is 9.80. The fraction of sp³-hybridized carbons (Fsp3) is 0.800. The Morgan fingerprint density at radius 3 is 2.93 bits per heavy atom. The van der Waals surface area contributed by atoms with Gasteiger partial charge < -0.3 is 5.32 Å². The summed E-state index contributed by atoms with van der Waals surface area (Å²) in [6.07, 6.45) is 7.35. The van der Waals surface area contributed by atoms with Crippen molar-refractivity contribution in [1.82, 2.24) is 20.1 Å². The Hall–Kier alpha value is -0.900. The Kier molecular flexibility index (Phi) is 3.14. The average Bonchev–Trinajstić information content (AvgIpc) is 2.77. The van der Waals surface area contributed by atoms with Gasteiger partial charge in [-0.1, -0.05) is 12.8 Å². The van der Waals surface area contributed by atoms with Crippen LogP contribution in [-0.2, 0) is 13.6 Å². The highest BCUT2D eigenvalue weighted by atomic mass is 15.3. The van der Waals surface area contributed by atoms with Crippen LogP contribution in [0.3, 0.4) is 0 Å². The van der Waals surface area contributed by atoms with E-state index < -0.39 is 0 Å². The number of aryl methyl sites for hydroxylation is 1. The van der Waals surface area contributed by atoms with E-state index in [9.17, 15) is 0 Å². The molecule has 1 aliphatic carbocycles. The third kappa shape index (κ3) is 2.54. The number of hydrogen-bond donors (Lipinski definition) is 1. The SMILES string of the molecule is Cn1cnc(CNCC2CCCC2)n1. The van der Waals surface area contributed by atoms with Crippen LogP contribution in [0.1, 0.15) is 31.5 Å². The molecule has 2 rings (SSSR count). The van der Waals surface area contributed by atoms with Crippen molar-refractivity contribution in [3.8, 4) is 0 Å². The van der Waals surface area contributed by atoms with Crippen molar-refractivity contribution < 1.29 is 0 Å². The lowest BCUT2D eigenvalue weighted by molar-refractivity contribution is 0.483. The van der Waals surface area contributed by atoms with E-state index in [-0.39, 0.29) is 0 Å². The Balaban J connectivity index is 1.67. The average molecular weight is 194 g/mol. The van der Waals surface area contributed by atoms with Crippen LogP contribution in [0.4, 0.5) is 0 Å². The molecule has 1 heterocycles. The molecule has 0 unspecified atom stereocenters. The van der Waals surface area contributed by atoms with Crippen LogP contribution in [0.5, 0.6) is 0 Å². The zero-order valence-electron chi connectivity index (χ0n) is 8.74. The van der Waals surface area contributed by atoms with E-state index in [1.165, 1.54) is 25.7 Å². The van der Waals surface area contributed by atoms with Crippen LogP contribution < -0.4 is 5.32 Å². The summed E-state index contributed by atoms with van der Waals surface area (Å²) in [4.78, 5) is 4.17. The van der Waals surface area contributed by atoms with E-state index in [4.69, 9.17) is 0 Å². The molecule has 78 valence electrons. The summed E-state index contributed by atoms with van der Waals surface area (Å²) in [5.74, 6) is 1.78. The van der Waals surface area contributed by atoms with E-state index in [0.29, 0.717) is 0 Å². The van der Waals surface area contributed by atoms with Crippen LogP contribution in [0.15, 0.2) is 6.33 Å². The third-order valence-corrected chi connectivity index (χ3v) is 2.84. The minimum Gasteiger partial charge on any atom is -0.310 e. The highest BCUT2D eigenvalue weighted by Gasteiger charge is 2.14. The van der Waals surface area contributed by atoms with Crippen molar-refractivity contribution in [1.29, 1.82) is 0 Å². The van der Waals surface area contributed by atoms with Gasteiger partial charge in [0.15, 0.2) is 5.82 Å². The molecule has 1 saturated carbocycles. The molecule has 0 aliphatic heterocycles. The van der Waals surface area contributed by atoms with Gasteiger partial charge in [0.1, 0.15) is 6.33 Å². The van der Waals surface area contributed by atoms with Gasteiger partial charge in [0.2, 0.25) is 0 Å². The van der Waals surface area contributed by atoms with E-state index in [1.807, 2.05) is 7.05 Å². The van der Waals surface area contributed by atoms with Crippen LogP contribution in [0.2, 0.25) is 0 Å². The molecule has 4 nitrogen and oxygen atoms in total. The van der Waals surface area contributed by atoms with Crippen molar-refractivity contribution in [3.05, 3.63) is 12.2 Å². The van der Waals surface area contributed by atoms with Crippen LogP contribution in [0, 0.1) is 5.92 Å². The minimum atomic E-state index is 0.803. The molecule has 0 aromatic carbocycles. The summed E-state index contributed by atoms with van der Waals surface area (Å²) >= 11 is 0.